The van der Waals surface area contributed by atoms with Crippen LogP contribution in [-0.2, 0) is 5.75 Å². The number of nitrogens with two attached hydrogens (primary N) is 2. The van der Waals surface area contributed by atoms with E-state index in [0.29, 0.717) is 5.11 Å². The van der Waals surface area contributed by atoms with Gasteiger partial charge in [0.25, 0.3) is 0 Å². The number of hydrogen-bond acceptors (Lipinski definition) is 0. The number of rotatable bonds is 2. The average molecular weight is 202 g/mol. The Labute approximate surface area is 80.5 Å². The SMILES string of the molecule is NC(N)=[S]Cc1ccc(Cl)cc1. The van der Waals surface area contributed by atoms with Gasteiger partial charge in [0.1, 0.15) is 5.11 Å². The molecule has 0 saturated carbocycles. The van der Waals surface area contributed by atoms with Crippen LogP contribution in [0, 0.1) is 0 Å². The fourth-order valence-electron chi connectivity index (χ4n) is 0.747. The monoisotopic (exact) mass is 201 g/mol. The highest BCUT2D eigenvalue weighted by molar-refractivity contribution is 7.97. The zero-order chi connectivity index (χ0) is 8.97. The highest BCUT2D eigenvalue weighted by Crippen LogP contribution is 2.11. The van der Waals surface area contributed by atoms with Crippen molar-refractivity contribution in [2.45, 2.75) is 5.75 Å². The van der Waals surface area contributed by atoms with E-state index < -0.39 is 0 Å². The lowest BCUT2D eigenvalue weighted by atomic mass is 10.2. The molecule has 0 spiro atoms. The van der Waals surface area contributed by atoms with E-state index in [1.807, 2.05) is 24.3 Å². The number of benzene rings is 1. The summed E-state index contributed by atoms with van der Waals surface area (Å²) in [6.07, 6.45) is 0. The summed E-state index contributed by atoms with van der Waals surface area (Å²) in [6.45, 7) is 0. The Balaban J connectivity index is 2.65. The molecule has 0 bridgehead atoms. The first kappa shape index (κ1) is 9.61. The molecule has 0 aliphatic carbocycles. The Bertz CT molecular complexity index is 278. The molecule has 0 aromatic heterocycles. The molecule has 1 rings (SSSR count). The molecular weight excluding hydrogens is 192 g/mol. The van der Waals surface area contributed by atoms with Gasteiger partial charge in [-0.2, -0.15) is 0 Å². The maximum Gasteiger partial charge on any atom is 0.104 e. The minimum atomic E-state index is 0.393. The van der Waals surface area contributed by atoms with E-state index in [0.717, 1.165) is 16.3 Å². The van der Waals surface area contributed by atoms with Gasteiger partial charge in [0.2, 0.25) is 0 Å². The Kier molecular flexibility index (Phi) is 3.62. The molecule has 0 amide bonds. The van der Waals surface area contributed by atoms with Crippen LogP contribution in [0.15, 0.2) is 24.3 Å². The van der Waals surface area contributed by atoms with E-state index in [4.69, 9.17) is 23.1 Å². The van der Waals surface area contributed by atoms with Crippen LogP contribution in [0.5, 0.6) is 0 Å². The maximum atomic E-state index is 5.71. The number of halogens is 1. The predicted octanol–water partition coefficient (Wildman–Crippen LogP) is 1.58. The van der Waals surface area contributed by atoms with E-state index >= 15 is 0 Å². The topological polar surface area (TPSA) is 52.0 Å². The molecule has 4 heteroatoms. The summed E-state index contributed by atoms with van der Waals surface area (Å²) in [7, 11) is 0. The summed E-state index contributed by atoms with van der Waals surface area (Å²) in [5.41, 5.74) is 11.8. The fraction of sp³-hybridized carbons (Fsp3) is 0.125. The minimum Gasteiger partial charge on any atom is -0.285 e. The first-order valence-electron chi connectivity index (χ1n) is 3.43. The summed E-state index contributed by atoms with van der Waals surface area (Å²) < 4.78 is 0. The molecule has 0 aliphatic heterocycles. The van der Waals surface area contributed by atoms with Crippen molar-refractivity contribution in [3.63, 3.8) is 0 Å². The van der Waals surface area contributed by atoms with Gasteiger partial charge in [0.05, 0.1) is 0 Å². The quantitative estimate of drug-likeness (QED) is 0.714. The van der Waals surface area contributed by atoms with Crippen molar-refractivity contribution in [2.24, 2.45) is 11.5 Å². The Morgan fingerprint density at radius 2 is 1.83 bits per heavy atom. The molecule has 1 aromatic rings. The van der Waals surface area contributed by atoms with Gasteiger partial charge in [-0.15, -0.1) is 11.4 Å². The molecule has 0 fully saturated rings. The minimum absolute atomic E-state index is 0.393. The summed E-state index contributed by atoms with van der Waals surface area (Å²) in [5.74, 6) is 0.791. The van der Waals surface area contributed by atoms with E-state index in [1.54, 1.807) is 0 Å². The van der Waals surface area contributed by atoms with Gasteiger partial charge >= 0.3 is 0 Å². The van der Waals surface area contributed by atoms with Gasteiger partial charge in [-0.05, 0) is 17.7 Å². The van der Waals surface area contributed by atoms with Crippen LogP contribution in [-0.4, -0.2) is 5.11 Å². The Morgan fingerprint density at radius 1 is 1.25 bits per heavy atom. The van der Waals surface area contributed by atoms with E-state index in [1.165, 1.54) is 11.4 Å². The van der Waals surface area contributed by atoms with Crippen LogP contribution in [0.3, 0.4) is 0 Å². The van der Waals surface area contributed by atoms with Gasteiger partial charge in [-0.1, -0.05) is 23.7 Å². The van der Waals surface area contributed by atoms with Gasteiger partial charge in [-0.25, -0.2) is 0 Å². The summed E-state index contributed by atoms with van der Waals surface area (Å²) in [5, 5.41) is 1.14. The van der Waals surface area contributed by atoms with Crippen LogP contribution in [0.25, 0.3) is 0 Å². The molecule has 12 heavy (non-hydrogen) atoms. The first-order valence-corrected chi connectivity index (χ1v) is 4.80. The van der Waals surface area contributed by atoms with Crippen LogP contribution >= 0.6 is 23.0 Å². The second-order valence-electron chi connectivity index (χ2n) is 2.32. The second-order valence-corrected chi connectivity index (χ2v) is 3.80. The average Bonchev–Trinajstić information content (AvgIpc) is 2.03. The largest absolute Gasteiger partial charge is 0.285 e. The highest BCUT2D eigenvalue weighted by atomic mass is 35.5. The van der Waals surface area contributed by atoms with Crippen molar-refractivity contribution >= 4 is 28.1 Å². The van der Waals surface area contributed by atoms with Crippen LogP contribution < -0.4 is 11.5 Å². The van der Waals surface area contributed by atoms with Crippen LogP contribution in [0.2, 0.25) is 5.02 Å². The summed E-state index contributed by atoms with van der Waals surface area (Å²) in [6, 6.07) is 7.62. The lowest BCUT2D eigenvalue weighted by molar-refractivity contribution is 1.42. The summed E-state index contributed by atoms with van der Waals surface area (Å²) >= 11 is 7.13. The zero-order valence-electron chi connectivity index (χ0n) is 6.46. The van der Waals surface area contributed by atoms with E-state index in [-0.39, 0.29) is 0 Å². The van der Waals surface area contributed by atoms with Crippen molar-refractivity contribution in [3.05, 3.63) is 34.9 Å². The Hall–Kier alpha value is -0.480. The van der Waals surface area contributed by atoms with E-state index in [9.17, 15) is 0 Å². The molecule has 1 radical (unpaired) electrons. The van der Waals surface area contributed by atoms with Crippen molar-refractivity contribution in [1.82, 2.24) is 0 Å². The molecular formula is C8H10ClN2S. The van der Waals surface area contributed by atoms with Crippen molar-refractivity contribution in [3.8, 4) is 0 Å². The molecule has 0 atom stereocenters. The fourth-order valence-corrected chi connectivity index (χ4v) is 1.40. The second kappa shape index (κ2) is 4.52. The zero-order valence-corrected chi connectivity index (χ0v) is 8.03. The molecule has 2 nitrogen and oxygen atoms in total. The third kappa shape index (κ3) is 3.28. The van der Waals surface area contributed by atoms with Gasteiger partial charge < -0.3 is 0 Å². The molecule has 0 saturated heterocycles. The lowest BCUT2D eigenvalue weighted by Crippen LogP contribution is -2.20. The maximum absolute atomic E-state index is 5.71. The first-order chi connectivity index (χ1) is 5.68. The third-order valence-corrected chi connectivity index (χ3v) is 2.38. The molecule has 4 N–H and O–H groups in total. The van der Waals surface area contributed by atoms with Crippen LogP contribution in [0.4, 0.5) is 0 Å². The van der Waals surface area contributed by atoms with Gasteiger partial charge in [-0.3, -0.25) is 11.5 Å². The standard InChI is InChI=1S/C8H10ClN2S/c9-7-3-1-6(2-4-7)5-12-8(10)11/h1-4H,5,10-11H2. The summed E-state index contributed by atoms with van der Waals surface area (Å²) in [4.78, 5) is 0. The molecule has 65 valence electrons. The highest BCUT2D eigenvalue weighted by Gasteiger charge is 1.90. The lowest BCUT2D eigenvalue weighted by Gasteiger charge is -1.96. The van der Waals surface area contributed by atoms with Crippen molar-refractivity contribution in [2.75, 3.05) is 0 Å². The molecule has 1 aromatic carbocycles. The number of hydrogen-bond donors (Lipinski definition) is 2. The van der Waals surface area contributed by atoms with Crippen LogP contribution in [0.1, 0.15) is 5.56 Å². The van der Waals surface area contributed by atoms with Crippen molar-refractivity contribution in [1.29, 1.82) is 0 Å². The molecule has 0 heterocycles. The van der Waals surface area contributed by atoms with Crippen molar-refractivity contribution < 1.29 is 0 Å². The van der Waals surface area contributed by atoms with Gasteiger partial charge in [0, 0.05) is 10.8 Å². The smallest absolute Gasteiger partial charge is 0.104 e. The molecule has 0 unspecified atom stereocenters. The normalized spacial score (nSPS) is 9.58. The molecule has 0 aliphatic rings. The third-order valence-electron chi connectivity index (χ3n) is 1.32. The van der Waals surface area contributed by atoms with Gasteiger partial charge in [0.15, 0.2) is 0 Å². The predicted molar refractivity (Wildman–Crippen MR) is 56.1 cm³/mol. The van der Waals surface area contributed by atoms with E-state index in [2.05, 4.69) is 0 Å². The Morgan fingerprint density at radius 3 is 2.33 bits per heavy atom.